The lowest BCUT2D eigenvalue weighted by Gasteiger charge is -2.24. The molecule has 0 fully saturated rings. The van der Waals surface area contributed by atoms with Crippen LogP contribution in [0.5, 0.6) is 0 Å². The van der Waals surface area contributed by atoms with Crippen LogP contribution in [0.1, 0.15) is 45.4 Å². The maximum Gasteiger partial charge on any atom is 0.325 e. The highest BCUT2D eigenvalue weighted by atomic mass is 16.4. The van der Waals surface area contributed by atoms with Crippen LogP contribution in [0.2, 0.25) is 0 Å². The van der Waals surface area contributed by atoms with Crippen molar-refractivity contribution in [2.45, 2.75) is 69.6 Å². The van der Waals surface area contributed by atoms with Crippen LogP contribution in [0.25, 0.3) is 0 Å². The number of nitrogens with two attached hydrogens (primary N) is 4. The highest BCUT2D eigenvalue weighted by Crippen LogP contribution is 2.05. The minimum atomic E-state index is -1.30. The minimum absolute atomic E-state index is 0.147. The predicted octanol–water partition coefficient (Wildman–Crippen LogP) is -3.86. The fraction of sp³-hybridized carbons (Fsp3) is 0.667. The maximum absolute atomic E-state index is 12.8. The summed E-state index contributed by atoms with van der Waals surface area (Å²) in [4.78, 5) is 70.5. The van der Waals surface area contributed by atoms with Crippen LogP contribution in [0.15, 0.2) is 0 Å². The molecule has 0 aromatic heterocycles. The first-order valence-corrected chi connectivity index (χ1v) is 10.0. The molecular formula is C18H33N7O7. The average Bonchev–Trinajstić information content (AvgIpc) is 2.69. The van der Waals surface area contributed by atoms with Crippen molar-refractivity contribution >= 4 is 35.5 Å². The van der Waals surface area contributed by atoms with E-state index in [9.17, 15) is 28.8 Å². The van der Waals surface area contributed by atoms with Gasteiger partial charge in [0.1, 0.15) is 18.1 Å². The third kappa shape index (κ3) is 11.8. The number of aliphatic carboxylic acids is 1. The number of amides is 5. The van der Waals surface area contributed by atoms with Gasteiger partial charge in [-0.05, 0) is 39.2 Å². The van der Waals surface area contributed by atoms with Crippen molar-refractivity contribution in [3.63, 3.8) is 0 Å². The lowest BCUT2D eigenvalue weighted by Crippen LogP contribution is -2.57. The molecule has 14 heteroatoms. The number of nitrogens with one attached hydrogen (secondary N) is 3. The Hall–Kier alpha value is -3.26. The van der Waals surface area contributed by atoms with Crippen LogP contribution in [0.4, 0.5) is 0 Å². The monoisotopic (exact) mass is 459 g/mol. The first-order valence-electron chi connectivity index (χ1n) is 10.0. The summed E-state index contributed by atoms with van der Waals surface area (Å²) in [6.07, 6.45) is 0.272. The molecule has 12 N–H and O–H groups in total. The molecule has 0 aliphatic heterocycles. The van der Waals surface area contributed by atoms with Crippen LogP contribution >= 0.6 is 0 Å². The highest BCUT2D eigenvalue weighted by molar-refractivity contribution is 5.95. The Morgan fingerprint density at radius 3 is 1.84 bits per heavy atom. The Morgan fingerprint density at radius 1 is 0.812 bits per heavy atom. The Labute approximate surface area is 185 Å². The molecule has 0 rings (SSSR count). The second-order valence-electron chi connectivity index (χ2n) is 7.26. The van der Waals surface area contributed by atoms with Gasteiger partial charge in [-0.3, -0.25) is 28.8 Å². The standard InChI is InChI=1S/C18H33N7O7/c1-9(18(31)32)23-16(29)12(5-6-13(21)26)25-17(30)11(4-2-3-7-19)24-15(28)10(20)8-14(22)27/h9-12H,2-8,19-20H2,1H3,(H2,21,26)(H2,22,27)(H,23,29)(H,24,28)(H,25,30)(H,31,32). The molecule has 0 aromatic carbocycles. The highest BCUT2D eigenvalue weighted by Gasteiger charge is 2.29. The molecule has 14 nitrogen and oxygen atoms in total. The third-order valence-electron chi connectivity index (χ3n) is 4.38. The molecule has 4 atom stereocenters. The summed E-state index contributed by atoms with van der Waals surface area (Å²) in [7, 11) is 0. The lowest BCUT2D eigenvalue weighted by atomic mass is 10.0. The molecule has 0 heterocycles. The molecule has 0 aromatic rings. The van der Waals surface area contributed by atoms with Crippen LogP contribution in [0.3, 0.4) is 0 Å². The Balaban J connectivity index is 5.41. The summed E-state index contributed by atoms with van der Waals surface area (Å²) in [5, 5.41) is 16.0. The summed E-state index contributed by atoms with van der Waals surface area (Å²) in [6.45, 7) is 1.57. The number of rotatable bonds is 16. The van der Waals surface area contributed by atoms with Gasteiger partial charge in [0.25, 0.3) is 0 Å². The van der Waals surface area contributed by atoms with E-state index in [2.05, 4.69) is 16.0 Å². The number of carbonyl (C=O) groups excluding carboxylic acids is 5. The fourth-order valence-corrected chi connectivity index (χ4v) is 2.55. The van der Waals surface area contributed by atoms with Gasteiger partial charge in [0.05, 0.1) is 12.5 Å². The second kappa shape index (κ2) is 14.7. The van der Waals surface area contributed by atoms with E-state index in [1.54, 1.807) is 0 Å². The average molecular weight is 460 g/mol. The summed E-state index contributed by atoms with van der Waals surface area (Å²) < 4.78 is 0. The number of carboxylic acid groups (broad SMARTS) is 1. The quantitative estimate of drug-likeness (QED) is 0.105. The van der Waals surface area contributed by atoms with E-state index in [0.29, 0.717) is 19.4 Å². The zero-order chi connectivity index (χ0) is 24.8. The van der Waals surface area contributed by atoms with E-state index in [-0.39, 0.29) is 19.3 Å². The van der Waals surface area contributed by atoms with Gasteiger partial charge in [-0.1, -0.05) is 0 Å². The number of primary amides is 2. The number of hydrogen-bond donors (Lipinski definition) is 8. The van der Waals surface area contributed by atoms with E-state index in [1.165, 1.54) is 6.92 Å². The molecule has 0 spiro atoms. The van der Waals surface area contributed by atoms with Crippen molar-refractivity contribution in [1.82, 2.24) is 16.0 Å². The first kappa shape index (κ1) is 28.7. The van der Waals surface area contributed by atoms with Gasteiger partial charge < -0.3 is 44.0 Å². The predicted molar refractivity (Wildman–Crippen MR) is 112 cm³/mol. The summed E-state index contributed by atoms with van der Waals surface area (Å²) in [5.74, 6) is -5.23. The van der Waals surface area contributed by atoms with Gasteiger partial charge in [-0.15, -0.1) is 0 Å². The molecule has 32 heavy (non-hydrogen) atoms. The molecule has 0 aliphatic carbocycles. The van der Waals surface area contributed by atoms with Crippen LogP contribution < -0.4 is 38.9 Å². The van der Waals surface area contributed by atoms with Gasteiger partial charge in [0, 0.05) is 6.42 Å². The number of carboxylic acids is 1. The van der Waals surface area contributed by atoms with Gasteiger partial charge in [0.2, 0.25) is 29.5 Å². The normalized spacial score (nSPS) is 14.3. The van der Waals surface area contributed by atoms with Gasteiger partial charge >= 0.3 is 5.97 Å². The Morgan fingerprint density at radius 2 is 1.34 bits per heavy atom. The van der Waals surface area contributed by atoms with E-state index in [4.69, 9.17) is 28.0 Å². The van der Waals surface area contributed by atoms with Crippen LogP contribution in [-0.2, 0) is 28.8 Å². The van der Waals surface area contributed by atoms with Crippen molar-refractivity contribution in [2.24, 2.45) is 22.9 Å². The zero-order valence-corrected chi connectivity index (χ0v) is 18.0. The number of hydrogen-bond acceptors (Lipinski definition) is 8. The molecule has 0 saturated heterocycles. The van der Waals surface area contributed by atoms with Crippen LogP contribution in [-0.4, -0.2) is 71.3 Å². The van der Waals surface area contributed by atoms with E-state index in [0.717, 1.165) is 0 Å². The van der Waals surface area contributed by atoms with Crippen molar-refractivity contribution in [3.05, 3.63) is 0 Å². The largest absolute Gasteiger partial charge is 0.480 e. The molecule has 0 radical (unpaired) electrons. The number of carbonyl (C=O) groups is 6. The smallest absolute Gasteiger partial charge is 0.325 e. The molecular weight excluding hydrogens is 426 g/mol. The molecule has 5 amide bonds. The third-order valence-corrected chi connectivity index (χ3v) is 4.38. The SMILES string of the molecule is CC(NC(=O)C(CCC(N)=O)NC(=O)C(CCCCN)NC(=O)C(N)CC(N)=O)C(=O)O. The number of unbranched alkanes of at least 4 members (excludes halogenated alkanes) is 1. The lowest BCUT2D eigenvalue weighted by molar-refractivity contribution is -0.142. The molecule has 182 valence electrons. The van der Waals surface area contributed by atoms with Crippen molar-refractivity contribution in [1.29, 1.82) is 0 Å². The Kier molecular flexibility index (Phi) is 13.2. The molecule has 0 bridgehead atoms. The summed E-state index contributed by atoms with van der Waals surface area (Å²) in [5.41, 5.74) is 21.2. The maximum atomic E-state index is 12.8. The molecule has 0 saturated carbocycles. The fourth-order valence-electron chi connectivity index (χ4n) is 2.55. The van der Waals surface area contributed by atoms with Crippen molar-refractivity contribution < 1.29 is 33.9 Å². The van der Waals surface area contributed by atoms with E-state index >= 15 is 0 Å². The topological polar surface area (TPSA) is 263 Å². The van der Waals surface area contributed by atoms with E-state index in [1.807, 2.05) is 0 Å². The van der Waals surface area contributed by atoms with Crippen LogP contribution in [0, 0.1) is 0 Å². The summed E-state index contributed by atoms with van der Waals surface area (Å²) >= 11 is 0. The first-order chi connectivity index (χ1) is 14.9. The van der Waals surface area contributed by atoms with E-state index < -0.39 is 66.1 Å². The second-order valence-corrected chi connectivity index (χ2v) is 7.26. The van der Waals surface area contributed by atoms with Gasteiger partial charge in [-0.2, -0.15) is 0 Å². The minimum Gasteiger partial charge on any atom is -0.480 e. The zero-order valence-electron chi connectivity index (χ0n) is 18.0. The van der Waals surface area contributed by atoms with Gasteiger partial charge in [-0.25, -0.2) is 0 Å². The van der Waals surface area contributed by atoms with Crippen molar-refractivity contribution in [3.8, 4) is 0 Å². The molecule has 0 aliphatic rings. The van der Waals surface area contributed by atoms with Crippen molar-refractivity contribution in [2.75, 3.05) is 6.54 Å². The molecule has 4 unspecified atom stereocenters. The Bertz CT molecular complexity index is 701. The van der Waals surface area contributed by atoms with Gasteiger partial charge in [0.15, 0.2) is 0 Å². The summed E-state index contributed by atoms with van der Waals surface area (Å²) in [6, 6.07) is -4.94.